The number of nitrogens with one attached hydrogen (secondary N) is 2. The number of rotatable bonds is 8. The van der Waals surface area contributed by atoms with Crippen molar-refractivity contribution in [3.8, 4) is 11.5 Å². The summed E-state index contributed by atoms with van der Waals surface area (Å²) in [6.07, 6.45) is 1.03. The molecule has 156 valence electrons. The molecule has 1 aliphatic heterocycles. The van der Waals surface area contributed by atoms with Gasteiger partial charge in [-0.15, -0.1) is 0 Å². The number of phenols is 1. The summed E-state index contributed by atoms with van der Waals surface area (Å²) in [7, 11) is 1.65. The lowest BCUT2D eigenvalue weighted by atomic mass is 10.1. The summed E-state index contributed by atoms with van der Waals surface area (Å²) in [4.78, 5) is 3.56. The first-order valence-corrected chi connectivity index (χ1v) is 10.5. The molecule has 0 aromatic heterocycles. The Morgan fingerprint density at radius 3 is 2.66 bits per heavy atom. The Kier molecular flexibility index (Phi) is 8.10. The number of hydrogen-bond acceptors (Lipinski definition) is 4. The van der Waals surface area contributed by atoms with Crippen LogP contribution in [0.2, 0.25) is 0 Å². The molecule has 0 saturated carbocycles. The molecule has 2 aromatic rings. The standard InChI is InChI=1S/C22H29N3O3S/c1-27-21-10-5-3-8-19(21)25(17-18-7-2-4-9-20(18)26)22(29)23-11-6-12-24-13-15-28-16-14-24/h2-5,7-10,26H,6,11-17H2,1H3,(H,23,29)/p+1. The highest BCUT2D eigenvalue weighted by atomic mass is 32.1. The zero-order valence-corrected chi connectivity index (χ0v) is 17.7. The van der Waals surface area contributed by atoms with Gasteiger partial charge in [-0.2, -0.15) is 0 Å². The third kappa shape index (κ3) is 6.06. The topological polar surface area (TPSA) is 58.4 Å². The van der Waals surface area contributed by atoms with E-state index in [1.54, 1.807) is 18.1 Å². The fourth-order valence-corrected chi connectivity index (χ4v) is 3.74. The van der Waals surface area contributed by atoms with Crippen LogP contribution >= 0.6 is 12.2 Å². The molecule has 3 rings (SSSR count). The third-order valence-electron chi connectivity index (χ3n) is 5.12. The van der Waals surface area contributed by atoms with Crippen LogP contribution in [-0.4, -0.2) is 56.7 Å². The van der Waals surface area contributed by atoms with E-state index >= 15 is 0 Å². The minimum Gasteiger partial charge on any atom is -0.508 e. The predicted molar refractivity (Wildman–Crippen MR) is 119 cm³/mol. The molecule has 0 unspecified atom stereocenters. The van der Waals surface area contributed by atoms with E-state index in [1.165, 1.54) is 0 Å². The number of benzene rings is 2. The minimum absolute atomic E-state index is 0.256. The van der Waals surface area contributed by atoms with Gasteiger partial charge < -0.3 is 29.7 Å². The molecular formula is C22H30N3O3S+. The van der Waals surface area contributed by atoms with Crippen LogP contribution in [0, 0.1) is 0 Å². The summed E-state index contributed by atoms with van der Waals surface area (Å²) < 4.78 is 11.0. The highest BCUT2D eigenvalue weighted by Gasteiger charge is 2.18. The molecule has 0 bridgehead atoms. The van der Waals surface area contributed by atoms with Crippen LogP contribution in [0.15, 0.2) is 48.5 Å². The lowest BCUT2D eigenvalue weighted by Crippen LogP contribution is -3.14. The van der Waals surface area contributed by atoms with E-state index in [1.807, 2.05) is 47.4 Å². The molecule has 29 heavy (non-hydrogen) atoms. The van der Waals surface area contributed by atoms with Crippen molar-refractivity contribution in [1.82, 2.24) is 5.32 Å². The smallest absolute Gasteiger partial charge is 0.173 e. The second-order valence-electron chi connectivity index (χ2n) is 7.08. The molecule has 0 aliphatic carbocycles. The van der Waals surface area contributed by atoms with Gasteiger partial charge in [0.15, 0.2) is 5.11 Å². The maximum absolute atomic E-state index is 10.2. The number of methoxy groups -OCH3 is 1. The van der Waals surface area contributed by atoms with E-state index in [2.05, 4.69) is 5.32 Å². The monoisotopic (exact) mass is 416 g/mol. The van der Waals surface area contributed by atoms with Crippen molar-refractivity contribution in [2.75, 3.05) is 51.4 Å². The average molecular weight is 417 g/mol. The lowest BCUT2D eigenvalue weighted by Gasteiger charge is -2.28. The number of hydrogen-bond donors (Lipinski definition) is 3. The van der Waals surface area contributed by atoms with Crippen LogP contribution in [0.4, 0.5) is 5.69 Å². The number of phenolic OH excluding ortho intramolecular Hbond substituents is 1. The number of ether oxygens (including phenoxy) is 2. The van der Waals surface area contributed by atoms with Crippen LogP contribution in [-0.2, 0) is 11.3 Å². The highest BCUT2D eigenvalue weighted by molar-refractivity contribution is 7.80. The van der Waals surface area contributed by atoms with Gasteiger partial charge in [0.1, 0.15) is 24.6 Å². The van der Waals surface area contributed by atoms with Gasteiger partial charge in [0.2, 0.25) is 0 Å². The van der Waals surface area contributed by atoms with Crippen LogP contribution in [0.1, 0.15) is 12.0 Å². The summed E-state index contributed by atoms with van der Waals surface area (Å²) in [6.45, 7) is 6.21. The van der Waals surface area contributed by atoms with Crippen molar-refractivity contribution in [2.24, 2.45) is 0 Å². The number of morpholine rings is 1. The average Bonchev–Trinajstić information content (AvgIpc) is 2.77. The first-order chi connectivity index (χ1) is 14.2. The number of nitrogens with zero attached hydrogens (tertiary/aromatic N) is 1. The molecule has 1 saturated heterocycles. The Labute approximate surface area is 178 Å². The van der Waals surface area contributed by atoms with Crippen molar-refractivity contribution < 1.29 is 19.5 Å². The van der Waals surface area contributed by atoms with Gasteiger partial charge in [-0.25, -0.2) is 0 Å². The van der Waals surface area contributed by atoms with E-state index in [4.69, 9.17) is 21.7 Å². The second-order valence-corrected chi connectivity index (χ2v) is 7.47. The number of para-hydroxylation sites is 3. The van der Waals surface area contributed by atoms with Gasteiger partial charge >= 0.3 is 0 Å². The highest BCUT2D eigenvalue weighted by Crippen LogP contribution is 2.30. The van der Waals surface area contributed by atoms with Crippen molar-refractivity contribution in [1.29, 1.82) is 0 Å². The maximum atomic E-state index is 10.2. The molecule has 1 aliphatic rings. The van der Waals surface area contributed by atoms with Gasteiger partial charge in [0.25, 0.3) is 0 Å². The molecule has 1 fully saturated rings. The maximum Gasteiger partial charge on any atom is 0.173 e. The van der Waals surface area contributed by atoms with Gasteiger partial charge in [0.05, 0.1) is 39.1 Å². The summed E-state index contributed by atoms with van der Waals surface area (Å²) in [5.41, 5.74) is 1.68. The van der Waals surface area contributed by atoms with Crippen LogP contribution in [0.25, 0.3) is 0 Å². The Balaban J connectivity index is 1.66. The van der Waals surface area contributed by atoms with E-state index in [-0.39, 0.29) is 5.75 Å². The van der Waals surface area contributed by atoms with E-state index < -0.39 is 0 Å². The number of quaternary nitrogens is 1. The molecule has 3 N–H and O–H groups in total. The summed E-state index contributed by atoms with van der Waals surface area (Å²) >= 11 is 5.73. The van der Waals surface area contributed by atoms with Crippen molar-refractivity contribution >= 4 is 23.0 Å². The van der Waals surface area contributed by atoms with Crippen LogP contribution < -0.4 is 19.9 Å². The molecule has 6 nitrogen and oxygen atoms in total. The lowest BCUT2D eigenvalue weighted by molar-refractivity contribution is -0.908. The predicted octanol–water partition coefficient (Wildman–Crippen LogP) is 1.59. The third-order valence-corrected chi connectivity index (χ3v) is 5.49. The molecule has 7 heteroatoms. The number of thiocarbonyl (C=S) groups is 1. The number of aromatic hydroxyl groups is 1. The van der Waals surface area contributed by atoms with Crippen molar-refractivity contribution in [2.45, 2.75) is 13.0 Å². The Morgan fingerprint density at radius 1 is 1.17 bits per heavy atom. The largest absolute Gasteiger partial charge is 0.508 e. The molecular weight excluding hydrogens is 386 g/mol. The van der Waals surface area contributed by atoms with E-state index in [0.29, 0.717) is 11.7 Å². The first-order valence-electron chi connectivity index (χ1n) is 10.1. The Bertz CT molecular complexity index is 796. The van der Waals surface area contributed by atoms with Gasteiger partial charge in [-0.05, 0) is 30.4 Å². The van der Waals surface area contributed by atoms with E-state index in [9.17, 15) is 5.11 Å². The second kappa shape index (κ2) is 11.0. The van der Waals surface area contributed by atoms with E-state index in [0.717, 1.165) is 62.8 Å². The molecule has 0 radical (unpaired) electrons. The van der Waals surface area contributed by atoms with Gasteiger partial charge in [-0.3, -0.25) is 0 Å². The fourth-order valence-electron chi connectivity index (χ4n) is 3.47. The minimum atomic E-state index is 0.256. The normalized spacial score (nSPS) is 14.4. The van der Waals surface area contributed by atoms with Crippen LogP contribution in [0.5, 0.6) is 11.5 Å². The molecule has 0 atom stereocenters. The Morgan fingerprint density at radius 2 is 1.90 bits per heavy atom. The Hall–Kier alpha value is -2.35. The summed E-state index contributed by atoms with van der Waals surface area (Å²) in [5.74, 6) is 0.996. The zero-order chi connectivity index (χ0) is 20.5. The molecule has 0 spiro atoms. The zero-order valence-electron chi connectivity index (χ0n) is 16.9. The van der Waals surface area contributed by atoms with Gasteiger partial charge in [0, 0.05) is 18.5 Å². The summed E-state index contributed by atoms with van der Waals surface area (Å²) in [5, 5.41) is 14.2. The molecule has 2 aromatic carbocycles. The van der Waals surface area contributed by atoms with Crippen LogP contribution in [0.3, 0.4) is 0 Å². The SMILES string of the molecule is COc1ccccc1N(Cc1ccccc1O)C(=S)NCCC[NH+]1CCOCC1. The fraction of sp³-hybridized carbons (Fsp3) is 0.409. The first kappa shape index (κ1) is 21.4. The number of anilines is 1. The quantitative estimate of drug-likeness (QED) is 0.449. The van der Waals surface area contributed by atoms with Crippen molar-refractivity contribution in [3.05, 3.63) is 54.1 Å². The molecule has 0 amide bonds. The van der Waals surface area contributed by atoms with Crippen molar-refractivity contribution in [3.63, 3.8) is 0 Å². The summed E-state index contributed by atoms with van der Waals surface area (Å²) in [6, 6.07) is 15.1. The molecule has 1 heterocycles. The van der Waals surface area contributed by atoms with Gasteiger partial charge in [-0.1, -0.05) is 30.3 Å².